The van der Waals surface area contributed by atoms with E-state index in [2.05, 4.69) is 0 Å². The quantitative estimate of drug-likeness (QED) is 0.311. The molecule has 8 nitrogen and oxygen atoms in total. The highest BCUT2D eigenvalue weighted by Gasteiger charge is 2.29. The van der Waals surface area contributed by atoms with Gasteiger partial charge in [0.25, 0.3) is 0 Å². The van der Waals surface area contributed by atoms with Crippen LogP contribution in [0.25, 0.3) is 0 Å². The summed E-state index contributed by atoms with van der Waals surface area (Å²) in [6.07, 6.45) is 0. The molecule has 0 unspecified atom stereocenters. The van der Waals surface area contributed by atoms with Gasteiger partial charge in [0.1, 0.15) is 0 Å². The van der Waals surface area contributed by atoms with Crippen LogP contribution in [0.15, 0.2) is 59.5 Å². The van der Waals surface area contributed by atoms with Gasteiger partial charge in [-0.2, -0.15) is 4.31 Å². The number of carbonyl (C=O) groups excluding carboxylic acids is 1. The van der Waals surface area contributed by atoms with Gasteiger partial charge in [-0.1, -0.05) is 47.0 Å². The Hall–Kier alpha value is -2.98. The van der Waals surface area contributed by atoms with E-state index in [1.54, 1.807) is 43.4 Å². The van der Waals surface area contributed by atoms with Crippen LogP contribution in [0.3, 0.4) is 0 Å². The number of hydrogen-bond donors (Lipinski definition) is 0. The minimum Gasteiger partial charge on any atom is -0.493 e. The first-order chi connectivity index (χ1) is 18.0. The Bertz CT molecular complexity index is 1370. The second-order valence-electron chi connectivity index (χ2n) is 8.61. The first kappa shape index (κ1) is 29.6. The SMILES string of the molecule is COc1cc(CN(C)C(=O)CN(Cc2ccc(Cl)cc2Cl)S(=O)(=O)c2ccc(C)cc2)cc(OC)c1OC. The van der Waals surface area contributed by atoms with E-state index in [4.69, 9.17) is 37.4 Å². The van der Waals surface area contributed by atoms with Gasteiger partial charge in [0, 0.05) is 30.2 Å². The van der Waals surface area contributed by atoms with E-state index in [1.807, 2.05) is 6.92 Å². The predicted molar refractivity (Wildman–Crippen MR) is 148 cm³/mol. The fourth-order valence-electron chi connectivity index (χ4n) is 3.79. The molecule has 0 aliphatic heterocycles. The van der Waals surface area contributed by atoms with Crippen LogP contribution in [0.5, 0.6) is 17.2 Å². The minimum atomic E-state index is -4.04. The number of carbonyl (C=O) groups is 1. The molecule has 204 valence electrons. The van der Waals surface area contributed by atoms with E-state index in [1.165, 1.54) is 44.4 Å². The maximum Gasteiger partial charge on any atom is 0.243 e. The number of hydrogen-bond acceptors (Lipinski definition) is 6. The molecule has 0 radical (unpaired) electrons. The zero-order valence-electron chi connectivity index (χ0n) is 21.8. The highest BCUT2D eigenvalue weighted by Crippen LogP contribution is 2.38. The first-order valence-electron chi connectivity index (χ1n) is 11.5. The molecule has 38 heavy (non-hydrogen) atoms. The molecule has 0 aromatic heterocycles. The Morgan fingerprint density at radius 1 is 0.868 bits per heavy atom. The van der Waals surface area contributed by atoms with Crippen molar-refractivity contribution in [1.82, 2.24) is 9.21 Å². The van der Waals surface area contributed by atoms with Crippen LogP contribution in [-0.2, 0) is 27.9 Å². The van der Waals surface area contributed by atoms with Crippen LogP contribution in [-0.4, -0.2) is 58.5 Å². The number of halogens is 2. The largest absolute Gasteiger partial charge is 0.493 e. The molecule has 0 aliphatic rings. The van der Waals surface area contributed by atoms with E-state index >= 15 is 0 Å². The monoisotopic (exact) mass is 580 g/mol. The minimum absolute atomic E-state index is 0.0771. The van der Waals surface area contributed by atoms with Gasteiger partial charge in [0.2, 0.25) is 21.7 Å². The average Bonchev–Trinajstić information content (AvgIpc) is 2.89. The van der Waals surface area contributed by atoms with Gasteiger partial charge in [0.15, 0.2) is 11.5 Å². The topological polar surface area (TPSA) is 85.4 Å². The third-order valence-corrected chi connectivity index (χ3v) is 8.30. The molecule has 1 amide bonds. The van der Waals surface area contributed by atoms with Crippen LogP contribution >= 0.6 is 23.2 Å². The van der Waals surface area contributed by atoms with Crippen molar-refractivity contribution < 1.29 is 27.4 Å². The van der Waals surface area contributed by atoms with Crippen LogP contribution in [0.2, 0.25) is 10.0 Å². The summed E-state index contributed by atoms with van der Waals surface area (Å²) in [5.41, 5.74) is 2.15. The Balaban J connectivity index is 1.90. The molecular weight excluding hydrogens is 551 g/mol. The van der Waals surface area contributed by atoms with Gasteiger partial charge >= 0.3 is 0 Å². The lowest BCUT2D eigenvalue weighted by molar-refractivity contribution is -0.130. The summed E-state index contributed by atoms with van der Waals surface area (Å²) in [5.74, 6) is 0.912. The molecule has 3 aromatic carbocycles. The maximum absolute atomic E-state index is 13.6. The number of rotatable bonds is 11. The van der Waals surface area contributed by atoms with E-state index in [0.29, 0.717) is 38.4 Å². The zero-order chi connectivity index (χ0) is 28.0. The number of methoxy groups -OCH3 is 3. The standard InChI is InChI=1S/C27H30Cl2N2O6S/c1-18-6-10-22(11-7-18)38(33,34)31(16-20-8-9-21(28)14-23(20)29)17-26(32)30(2)15-19-12-24(35-3)27(37-5)25(13-19)36-4/h6-14H,15-17H2,1-5H3. The number of nitrogens with zero attached hydrogens (tertiary/aromatic N) is 2. The number of sulfonamides is 1. The normalized spacial score (nSPS) is 11.4. The molecule has 3 aromatic rings. The van der Waals surface area contributed by atoms with E-state index in [0.717, 1.165) is 9.87 Å². The maximum atomic E-state index is 13.6. The Morgan fingerprint density at radius 3 is 2.00 bits per heavy atom. The van der Waals surface area contributed by atoms with Crippen molar-refractivity contribution in [3.05, 3.63) is 81.3 Å². The van der Waals surface area contributed by atoms with E-state index in [9.17, 15) is 13.2 Å². The summed E-state index contributed by atoms with van der Waals surface area (Å²) in [6, 6.07) is 14.7. The third kappa shape index (κ3) is 6.91. The Kier molecular flexibility index (Phi) is 9.89. The lowest BCUT2D eigenvalue weighted by Gasteiger charge is -2.26. The summed E-state index contributed by atoms with van der Waals surface area (Å²) in [6.45, 7) is 1.52. The fourth-order valence-corrected chi connectivity index (χ4v) is 5.62. The van der Waals surface area contributed by atoms with Crippen LogP contribution in [0, 0.1) is 6.92 Å². The van der Waals surface area contributed by atoms with Crippen molar-refractivity contribution in [3.8, 4) is 17.2 Å². The molecule has 0 saturated carbocycles. The number of amides is 1. The zero-order valence-corrected chi connectivity index (χ0v) is 24.2. The molecule has 0 spiro atoms. The summed E-state index contributed by atoms with van der Waals surface area (Å²) in [5, 5.41) is 0.729. The van der Waals surface area contributed by atoms with Crippen molar-refractivity contribution in [1.29, 1.82) is 0 Å². The molecule has 0 atom stereocenters. The van der Waals surface area contributed by atoms with Crippen molar-refractivity contribution in [3.63, 3.8) is 0 Å². The molecule has 0 N–H and O–H groups in total. The van der Waals surface area contributed by atoms with Crippen molar-refractivity contribution in [2.45, 2.75) is 24.9 Å². The van der Waals surface area contributed by atoms with Gasteiger partial charge < -0.3 is 19.1 Å². The molecular formula is C27H30Cl2N2O6S. The molecule has 0 aliphatic carbocycles. The van der Waals surface area contributed by atoms with Crippen LogP contribution in [0.4, 0.5) is 0 Å². The molecule has 0 heterocycles. The summed E-state index contributed by atoms with van der Waals surface area (Å²) in [4.78, 5) is 14.8. The molecule has 3 rings (SSSR count). The molecule has 0 bridgehead atoms. The van der Waals surface area contributed by atoms with E-state index in [-0.39, 0.29) is 18.0 Å². The van der Waals surface area contributed by atoms with Gasteiger partial charge in [-0.15, -0.1) is 0 Å². The molecule has 0 saturated heterocycles. The highest BCUT2D eigenvalue weighted by molar-refractivity contribution is 7.89. The predicted octanol–water partition coefficient (Wildman–Crippen LogP) is 5.18. The number of likely N-dealkylation sites (N-methyl/N-ethyl adjacent to an activating group) is 1. The highest BCUT2D eigenvalue weighted by atomic mass is 35.5. The van der Waals surface area contributed by atoms with E-state index < -0.39 is 22.5 Å². The second-order valence-corrected chi connectivity index (χ2v) is 11.4. The average molecular weight is 582 g/mol. The van der Waals surface area contributed by atoms with Crippen molar-refractivity contribution in [2.75, 3.05) is 34.9 Å². The van der Waals surface area contributed by atoms with Crippen LogP contribution in [0.1, 0.15) is 16.7 Å². The second kappa shape index (κ2) is 12.7. The first-order valence-corrected chi connectivity index (χ1v) is 13.7. The van der Waals surface area contributed by atoms with Gasteiger partial charge in [-0.25, -0.2) is 8.42 Å². The van der Waals surface area contributed by atoms with Crippen molar-refractivity contribution in [2.24, 2.45) is 0 Å². The smallest absolute Gasteiger partial charge is 0.243 e. The van der Waals surface area contributed by atoms with Crippen molar-refractivity contribution >= 4 is 39.1 Å². The van der Waals surface area contributed by atoms with Gasteiger partial charge in [0.05, 0.1) is 32.8 Å². The number of ether oxygens (including phenoxy) is 3. The Labute approximate surface area is 233 Å². The van der Waals surface area contributed by atoms with Gasteiger partial charge in [-0.05, 0) is 54.4 Å². The third-order valence-electron chi connectivity index (χ3n) is 5.90. The summed E-state index contributed by atoms with van der Waals surface area (Å²) in [7, 11) is 2.07. The number of aryl methyl sites for hydroxylation is 1. The fraction of sp³-hybridized carbons (Fsp3) is 0.296. The van der Waals surface area contributed by atoms with Crippen LogP contribution < -0.4 is 14.2 Å². The number of benzene rings is 3. The lowest BCUT2D eigenvalue weighted by atomic mass is 10.1. The lowest BCUT2D eigenvalue weighted by Crippen LogP contribution is -2.41. The summed E-state index contributed by atoms with van der Waals surface area (Å²) >= 11 is 12.4. The Morgan fingerprint density at radius 2 is 1.47 bits per heavy atom. The summed E-state index contributed by atoms with van der Waals surface area (Å²) < 4.78 is 44.5. The van der Waals surface area contributed by atoms with Gasteiger partial charge in [-0.3, -0.25) is 4.79 Å². The molecule has 11 heteroatoms. The molecule has 0 fully saturated rings.